The highest BCUT2D eigenvalue weighted by Crippen LogP contribution is 2.28. The Labute approximate surface area is 128 Å². The Balaban J connectivity index is 0.00000220. The molecule has 2 rings (SSSR count). The minimum absolute atomic E-state index is 0. The third kappa shape index (κ3) is 4.00. The Morgan fingerprint density at radius 1 is 1.33 bits per heavy atom. The summed E-state index contributed by atoms with van der Waals surface area (Å²) in [5, 5.41) is 18.5. The van der Waals surface area contributed by atoms with Gasteiger partial charge in [-0.15, -0.1) is 12.4 Å². The zero-order valence-corrected chi connectivity index (χ0v) is 12.4. The van der Waals surface area contributed by atoms with Gasteiger partial charge in [0.05, 0.1) is 0 Å². The smallest absolute Gasteiger partial charge is 0.339 e. The first-order chi connectivity index (χ1) is 9.51. The van der Waals surface area contributed by atoms with Crippen LogP contribution >= 0.6 is 12.4 Å². The zero-order chi connectivity index (χ0) is 14.7. The number of hydrogen-bond donors (Lipinski definition) is 3. The fourth-order valence-electron chi connectivity index (χ4n) is 1.91. The average molecular weight is 312 g/mol. The molecule has 21 heavy (non-hydrogen) atoms. The van der Waals surface area contributed by atoms with E-state index in [1.54, 1.807) is 12.1 Å². The van der Waals surface area contributed by atoms with Gasteiger partial charge in [0.25, 0.3) is 0 Å². The van der Waals surface area contributed by atoms with Crippen molar-refractivity contribution in [2.45, 2.75) is 25.8 Å². The van der Waals surface area contributed by atoms with Gasteiger partial charge in [-0.1, -0.05) is 13.0 Å². The van der Waals surface area contributed by atoms with Gasteiger partial charge in [0.1, 0.15) is 22.8 Å². The average Bonchev–Trinajstić information content (AvgIpc) is 2.86. The largest absolute Gasteiger partial charge is 0.507 e. The number of aromatic carboxylic acids is 1. The molecule has 1 aromatic carbocycles. The lowest BCUT2D eigenvalue weighted by Crippen LogP contribution is -2.20. The molecule has 1 aromatic heterocycles. The van der Waals surface area contributed by atoms with E-state index < -0.39 is 5.97 Å². The van der Waals surface area contributed by atoms with E-state index in [1.807, 2.05) is 13.0 Å². The Kier molecular flexibility index (Phi) is 5.81. The van der Waals surface area contributed by atoms with Gasteiger partial charge in [0, 0.05) is 18.0 Å². The fourth-order valence-corrected chi connectivity index (χ4v) is 1.91. The monoisotopic (exact) mass is 311 g/mol. The van der Waals surface area contributed by atoms with E-state index in [9.17, 15) is 9.90 Å². The van der Waals surface area contributed by atoms with Crippen LogP contribution in [0.25, 0.3) is 11.3 Å². The maximum Gasteiger partial charge on any atom is 0.339 e. The molecule has 1 heterocycles. The summed E-state index contributed by atoms with van der Waals surface area (Å²) in [6, 6.07) is 8.02. The fraction of sp³-hybridized carbons (Fsp3) is 0.267. The second-order valence-electron chi connectivity index (χ2n) is 4.68. The summed E-state index contributed by atoms with van der Waals surface area (Å²) in [6.07, 6.45) is 1.51. The van der Waals surface area contributed by atoms with Gasteiger partial charge in [-0.05, 0) is 30.7 Å². The zero-order valence-electron chi connectivity index (χ0n) is 11.6. The van der Waals surface area contributed by atoms with Gasteiger partial charge in [-0.2, -0.15) is 0 Å². The van der Waals surface area contributed by atoms with E-state index in [2.05, 4.69) is 0 Å². The SMILES string of the molecule is CCC(N)Cc1ccc(-c2ccc(C(=O)O)c(O)c2)o1.Cl. The number of halogens is 1. The molecule has 4 N–H and O–H groups in total. The van der Waals surface area contributed by atoms with Gasteiger partial charge in [-0.3, -0.25) is 0 Å². The van der Waals surface area contributed by atoms with E-state index in [4.69, 9.17) is 15.3 Å². The molecule has 0 radical (unpaired) electrons. The first-order valence-corrected chi connectivity index (χ1v) is 6.42. The number of carboxylic acids is 1. The van der Waals surface area contributed by atoms with Crippen molar-refractivity contribution < 1.29 is 19.4 Å². The second kappa shape index (κ2) is 7.15. The van der Waals surface area contributed by atoms with Crippen LogP contribution in [0, 0.1) is 0 Å². The molecule has 0 fully saturated rings. The van der Waals surface area contributed by atoms with E-state index in [-0.39, 0.29) is 29.8 Å². The summed E-state index contributed by atoms with van der Waals surface area (Å²) in [6.45, 7) is 2.01. The van der Waals surface area contributed by atoms with Gasteiger partial charge in [0.2, 0.25) is 0 Å². The molecule has 0 saturated carbocycles. The maximum atomic E-state index is 10.8. The van der Waals surface area contributed by atoms with Gasteiger partial charge in [-0.25, -0.2) is 4.79 Å². The van der Waals surface area contributed by atoms with Crippen LogP contribution < -0.4 is 5.73 Å². The number of nitrogens with two attached hydrogens (primary N) is 1. The van der Waals surface area contributed by atoms with Crippen molar-refractivity contribution in [3.63, 3.8) is 0 Å². The van der Waals surface area contributed by atoms with Gasteiger partial charge >= 0.3 is 5.97 Å². The van der Waals surface area contributed by atoms with Crippen molar-refractivity contribution in [2.75, 3.05) is 0 Å². The lowest BCUT2D eigenvalue weighted by Gasteiger charge is -2.05. The maximum absolute atomic E-state index is 10.8. The van der Waals surface area contributed by atoms with Gasteiger partial charge < -0.3 is 20.4 Å². The van der Waals surface area contributed by atoms with E-state index in [1.165, 1.54) is 12.1 Å². The van der Waals surface area contributed by atoms with Crippen molar-refractivity contribution >= 4 is 18.4 Å². The number of benzene rings is 1. The summed E-state index contributed by atoms with van der Waals surface area (Å²) in [7, 11) is 0. The molecule has 0 aliphatic carbocycles. The molecule has 0 spiro atoms. The molecule has 114 valence electrons. The number of furan rings is 1. The molecule has 0 aliphatic rings. The van der Waals surface area contributed by atoms with Crippen LogP contribution in [0.4, 0.5) is 0 Å². The van der Waals surface area contributed by atoms with Crippen LogP contribution in [0.1, 0.15) is 29.5 Å². The molecule has 1 unspecified atom stereocenters. The normalized spacial score (nSPS) is 11.7. The van der Waals surface area contributed by atoms with Crippen molar-refractivity contribution in [3.05, 3.63) is 41.7 Å². The second-order valence-corrected chi connectivity index (χ2v) is 4.68. The number of carbonyl (C=O) groups is 1. The number of aromatic hydroxyl groups is 1. The molecule has 5 nitrogen and oxygen atoms in total. The molecular weight excluding hydrogens is 294 g/mol. The van der Waals surface area contributed by atoms with E-state index in [0.29, 0.717) is 17.7 Å². The summed E-state index contributed by atoms with van der Waals surface area (Å²) in [5.41, 5.74) is 6.36. The van der Waals surface area contributed by atoms with Crippen molar-refractivity contribution in [1.82, 2.24) is 0 Å². The number of rotatable bonds is 5. The third-order valence-corrected chi connectivity index (χ3v) is 3.16. The predicted octanol–water partition coefficient (Wildman–Crippen LogP) is 3.05. The van der Waals surface area contributed by atoms with E-state index in [0.717, 1.165) is 12.2 Å². The van der Waals surface area contributed by atoms with E-state index >= 15 is 0 Å². The highest BCUT2D eigenvalue weighted by Gasteiger charge is 2.13. The predicted molar refractivity (Wildman–Crippen MR) is 82.0 cm³/mol. The third-order valence-electron chi connectivity index (χ3n) is 3.16. The number of phenols is 1. The lowest BCUT2D eigenvalue weighted by molar-refractivity contribution is 0.0694. The highest BCUT2D eigenvalue weighted by molar-refractivity contribution is 5.91. The first kappa shape index (κ1) is 17.1. The van der Waals surface area contributed by atoms with Crippen LogP contribution in [-0.4, -0.2) is 22.2 Å². The Morgan fingerprint density at radius 2 is 2.05 bits per heavy atom. The Morgan fingerprint density at radius 3 is 2.62 bits per heavy atom. The lowest BCUT2D eigenvalue weighted by atomic mass is 10.1. The van der Waals surface area contributed by atoms with Crippen molar-refractivity contribution in [1.29, 1.82) is 0 Å². The summed E-state index contributed by atoms with van der Waals surface area (Å²) >= 11 is 0. The highest BCUT2D eigenvalue weighted by atomic mass is 35.5. The molecule has 6 heteroatoms. The van der Waals surface area contributed by atoms with Crippen LogP contribution in [0.3, 0.4) is 0 Å². The topological polar surface area (TPSA) is 96.7 Å². The molecule has 2 aromatic rings. The van der Waals surface area contributed by atoms with Crippen LogP contribution in [-0.2, 0) is 6.42 Å². The molecular formula is C15H18ClNO4. The molecule has 1 atom stereocenters. The molecule has 0 aliphatic heterocycles. The Hall–Kier alpha value is -1.98. The molecule has 0 amide bonds. The first-order valence-electron chi connectivity index (χ1n) is 6.42. The van der Waals surface area contributed by atoms with Crippen LogP contribution in [0.5, 0.6) is 5.75 Å². The Bertz CT molecular complexity index is 624. The quantitative estimate of drug-likeness (QED) is 0.788. The minimum Gasteiger partial charge on any atom is -0.507 e. The summed E-state index contributed by atoms with van der Waals surface area (Å²) in [4.78, 5) is 10.8. The molecule has 0 saturated heterocycles. The molecule has 0 bridgehead atoms. The minimum atomic E-state index is -1.16. The van der Waals surface area contributed by atoms with Crippen LogP contribution in [0.15, 0.2) is 34.7 Å². The number of carboxylic acid groups (broad SMARTS) is 1. The van der Waals surface area contributed by atoms with Crippen molar-refractivity contribution in [3.8, 4) is 17.1 Å². The van der Waals surface area contributed by atoms with Gasteiger partial charge in [0.15, 0.2) is 0 Å². The number of hydrogen-bond acceptors (Lipinski definition) is 4. The standard InChI is InChI=1S/C15H17NO4.ClH/c1-2-10(16)8-11-4-6-14(20-11)9-3-5-12(15(18)19)13(17)7-9;/h3-7,10,17H,2,8,16H2,1H3,(H,18,19);1H. The van der Waals surface area contributed by atoms with Crippen molar-refractivity contribution in [2.24, 2.45) is 5.73 Å². The summed E-state index contributed by atoms with van der Waals surface area (Å²) < 4.78 is 5.66. The summed E-state index contributed by atoms with van der Waals surface area (Å²) in [5.74, 6) is -0.0898. The van der Waals surface area contributed by atoms with Crippen LogP contribution in [0.2, 0.25) is 0 Å².